The summed E-state index contributed by atoms with van der Waals surface area (Å²) in [6.45, 7) is 5.81. The number of rotatable bonds is 3. The second kappa shape index (κ2) is 3.76. The fourth-order valence-corrected chi connectivity index (χ4v) is 1.61. The van der Waals surface area contributed by atoms with Gasteiger partial charge in [0.15, 0.2) is 0 Å². The normalized spacial score (nSPS) is 10.8. The lowest BCUT2D eigenvalue weighted by atomic mass is 10.3. The van der Waals surface area contributed by atoms with Crippen LogP contribution in [0.2, 0.25) is 0 Å². The highest BCUT2D eigenvalue weighted by molar-refractivity contribution is 5.67. The van der Waals surface area contributed by atoms with E-state index in [1.807, 2.05) is 16.1 Å². The average molecular weight is 205 g/mol. The fraction of sp³-hybridized carbons (Fsp3) is 0.400. The van der Waals surface area contributed by atoms with Gasteiger partial charge in [0.25, 0.3) is 0 Å². The molecule has 0 fully saturated rings. The van der Waals surface area contributed by atoms with Gasteiger partial charge in [-0.25, -0.2) is 9.97 Å². The lowest BCUT2D eigenvalue weighted by Gasteiger charge is -2.04. The van der Waals surface area contributed by atoms with Gasteiger partial charge in [0, 0.05) is 13.1 Å². The molecule has 0 aliphatic carbocycles. The highest BCUT2D eigenvalue weighted by Gasteiger charge is 2.12. The average Bonchev–Trinajstić information content (AvgIpc) is 2.83. The van der Waals surface area contributed by atoms with Crippen molar-refractivity contribution in [2.24, 2.45) is 0 Å². The number of nitrogens with two attached hydrogens (primary N) is 1. The number of aromatic nitrogens is 4. The third-order valence-corrected chi connectivity index (χ3v) is 2.51. The quantitative estimate of drug-likeness (QED) is 0.823. The molecule has 2 N–H and O–H groups in total. The van der Waals surface area contributed by atoms with Gasteiger partial charge in [0.1, 0.15) is 11.5 Å². The van der Waals surface area contributed by atoms with Crippen molar-refractivity contribution in [3.8, 4) is 11.4 Å². The molecule has 0 bridgehead atoms. The maximum Gasteiger partial charge on any atom is 0.133 e. The van der Waals surface area contributed by atoms with Crippen LogP contribution in [0.1, 0.15) is 13.8 Å². The third-order valence-electron chi connectivity index (χ3n) is 2.51. The Morgan fingerprint density at radius 1 is 1.20 bits per heavy atom. The Bertz CT molecular complexity index is 454. The van der Waals surface area contributed by atoms with Gasteiger partial charge in [0.2, 0.25) is 0 Å². The van der Waals surface area contributed by atoms with Crippen molar-refractivity contribution >= 4 is 5.82 Å². The predicted octanol–water partition coefficient (Wildman–Crippen LogP) is 1.37. The number of nitrogen functional groups attached to an aromatic ring is 1. The number of imidazole rings is 2. The maximum absolute atomic E-state index is 5.99. The Labute approximate surface area is 88.6 Å². The molecular formula is C10H15N5. The summed E-state index contributed by atoms with van der Waals surface area (Å²) in [6, 6.07) is 0. The molecule has 0 saturated carbocycles. The monoisotopic (exact) mass is 205 g/mol. The van der Waals surface area contributed by atoms with E-state index in [0.29, 0.717) is 5.82 Å². The summed E-state index contributed by atoms with van der Waals surface area (Å²) >= 11 is 0. The SMILES string of the molecule is CCn1cncc1-c1ncn(CC)c1N. The number of hydrogen-bond donors (Lipinski definition) is 1. The van der Waals surface area contributed by atoms with Crippen molar-refractivity contribution in [2.75, 3.05) is 5.73 Å². The number of aryl methyl sites for hydroxylation is 2. The van der Waals surface area contributed by atoms with Gasteiger partial charge in [-0.3, -0.25) is 0 Å². The van der Waals surface area contributed by atoms with Gasteiger partial charge in [-0.1, -0.05) is 0 Å². The molecule has 2 aromatic heterocycles. The summed E-state index contributed by atoms with van der Waals surface area (Å²) in [5.41, 5.74) is 7.78. The minimum atomic E-state index is 0.702. The maximum atomic E-state index is 5.99. The Kier molecular flexibility index (Phi) is 2.45. The molecule has 0 aliphatic heterocycles. The van der Waals surface area contributed by atoms with Gasteiger partial charge >= 0.3 is 0 Å². The van der Waals surface area contributed by atoms with Crippen LogP contribution in [0.5, 0.6) is 0 Å². The molecule has 0 amide bonds. The van der Waals surface area contributed by atoms with Crippen LogP contribution in [0.4, 0.5) is 5.82 Å². The van der Waals surface area contributed by atoms with E-state index in [9.17, 15) is 0 Å². The minimum Gasteiger partial charge on any atom is -0.383 e. The number of hydrogen-bond acceptors (Lipinski definition) is 3. The van der Waals surface area contributed by atoms with Crippen LogP contribution >= 0.6 is 0 Å². The summed E-state index contributed by atoms with van der Waals surface area (Å²) in [5.74, 6) is 0.702. The van der Waals surface area contributed by atoms with Crippen molar-refractivity contribution < 1.29 is 0 Å². The van der Waals surface area contributed by atoms with E-state index in [-0.39, 0.29) is 0 Å². The van der Waals surface area contributed by atoms with Gasteiger partial charge < -0.3 is 14.9 Å². The van der Waals surface area contributed by atoms with Crippen LogP contribution in [-0.2, 0) is 13.1 Å². The van der Waals surface area contributed by atoms with Crippen LogP contribution in [0.3, 0.4) is 0 Å². The smallest absolute Gasteiger partial charge is 0.133 e. The van der Waals surface area contributed by atoms with Gasteiger partial charge in [0.05, 0.1) is 24.5 Å². The standard InChI is InChI=1S/C10H15N5/c1-3-14-6-12-5-8(14)9-10(11)15(4-2)7-13-9/h5-7H,3-4,11H2,1-2H3. The molecule has 5 nitrogen and oxygen atoms in total. The fourth-order valence-electron chi connectivity index (χ4n) is 1.61. The minimum absolute atomic E-state index is 0.702. The first kappa shape index (κ1) is 9.76. The number of anilines is 1. The highest BCUT2D eigenvalue weighted by atomic mass is 15.1. The van der Waals surface area contributed by atoms with E-state index in [0.717, 1.165) is 24.5 Å². The van der Waals surface area contributed by atoms with Crippen molar-refractivity contribution in [2.45, 2.75) is 26.9 Å². The molecule has 80 valence electrons. The molecular weight excluding hydrogens is 190 g/mol. The third kappa shape index (κ3) is 1.49. The van der Waals surface area contributed by atoms with E-state index in [1.165, 1.54) is 0 Å². The van der Waals surface area contributed by atoms with Crippen LogP contribution in [0, 0.1) is 0 Å². The van der Waals surface area contributed by atoms with E-state index in [4.69, 9.17) is 5.73 Å². The van der Waals surface area contributed by atoms with Crippen LogP contribution < -0.4 is 5.73 Å². The van der Waals surface area contributed by atoms with E-state index < -0.39 is 0 Å². The summed E-state index contributed by atoms with van der Waals surface area (Å²) in [4.78, 5) is 8.42. The van der Waals surface area contributed by atoms with Crippen LogP contribution in [0.25, 0.3) is 11.4 Å². The molecule has 0 radical (unpaired) electrons. The van der Waals surface area contributed by atoms with Crippen molar-refractivity contribution in [1.82, 2.24) is 19.1 Å². The first-order valence-corrected chi connectivity index (χ1v) is 5.09. The van der Waals surface area contributed by atoms with Crippen molar-refractivity contribution in [1.29, 1.82) is 0 Å². The molecule has 0 unspecified atom stereocenters. The molecule has 2 heterocycles. The molecule has 0 aliphatic rings. The zero-order valence-electron chi connectivity index (χ0n) is 9.01. The van der Waals surface area contributed by atoms with Crippen LogP contribution in [-0.4, -0.2) is 19.1 Å². The van der Waals surface area contributed by atoms with Gasteiger partial charge in [-0.2, -0.15) is 0 Å². The van der Waals surface area contributed by atoms with E-state index in [1.54, 1.807) is 18.9 Å². The molecule has 0 spiro atoms. The largest absolute Gasteiger partial charge is 0.383 e. The topological polar surface area (TPSA) is 61.7 Å². The Balaban J connectivity index is 2.49. The van der Waals surface area contributed by atoms with Crippen LogP contribution in [0.15, 0.2) is 18.9 Å². The molecule has 0 atom stereocenters. The highest BCUT2D eigenvalue weighted by Crippen LogP contribution is 2.23. The van der Waals surface area contributed by atoms with E-state index >= 15 is 0 Å². The summed E-state index contributed by atoms with van der Waals surface area (Å²) in [5, 5.41) is 0. The molecule has 0 aromatic carbocycles. The van der Waals surface area contributed by atoms with Crippen molar-refractivity contribution in [3.63, 3.8) is 0 Å². The zero-order chi connectivity index (χ0) is 10.8. The first-order valence-electron chi connectivity index (χ1n) is 5.09. The Morgan fingerprint density at radius 2 is 1.93 bits per heavy atom. The predicted molar refractivity (Wildman–Crippen MR) is 59.2 cm³/mol. The molecule has 5 heteroatoms. The molecule has 0 saturated heterocycles. The first-order chi connectivity index (χ1) is 7.27. The second-order valence-corrected chi connectivity index (χ2v) is 3.33. The summed E-state index contributed by atoms with van der Waals surface area (Å²) < 4.78 is 3.95. The summed E-state index contributed by atoms with van der Waals surface area (Å²) in [6.07, 6.45) is 5.35. The second-order valence-electron chi connectivity index (χ2n) is 3.33. The molecule has 15 heavy (non-hydrogen) atoms. The molecule has 2 aromatic rings. The number of nitrogens with zero attached hydrogens (tertiary/aromatic N) is 4. The zero-order valence-corrected chi connectivity index (χ0v) is 9.01. The summed E-state index contributed by atoms with van der Waals surface area (Å²) in [7, 11) is 0. The Morgan fingerprint density at radius 3 is 2.53 bits per heavy atom. The molecule has 2 rings (SSSR count). The van der Waals surface area contributed by atoms with Crippen molar-refractivity contribution in [3.05, 3.63) is 18.9 Å². The lowest BCUT2D eigenvalue weighted by molar-refractivity contribution is 0.765. The van der Waals surface area contributed by atoms with Gasteiger partial charge in [-0.15, -0.1) is 0 Å². The Hall–Kier alpha value is -1.78. The van der Waals surface area contributed by atoms with Gasteiger partial charge in [-0.05, 0) is 13.8 Å². The lowest BCUT2D eigenvalue weighted by Crippen LogP contribution is -2.01. The van der Waals surface area contributed by atoms with E-state index in [2.05, 4.69) is 16.9 Å².